The van der Waals surface area contributed by atoms with Crippen molar-refractivity contribution in [3.05, 3.63) is 0 Å². The van der Waals surface area contributed by atoms with E-state index in [0.29, 0.717) is 0 Å². The molecular formula is C3HNO5. The van der Waals surface area contributed by atoms with Crippen LogP contribution in [0.1, 0.15) is 0 Å². The van der Waals surface area contributed by atoms with Gasteiger partial charge < -0.3 is 9.84 Å². The Bertz CT molecular complexity index is 171. The quantitative estimate of drug-likeness (QED) is 0.476. The molecule has 0 spiro atoms. The van der Waals surface area contributed by atoms with Crippen molar-refractivity contribution < 1.29 is 24.2 Å². The highest BCUT2D eigenvalue weighted by molar-refractivity contribution is 6.13. The second-order valence-corrected chi connectivity index (χ2v) is 1.25. The summed E-state index contributed by atoms with van der Waals surface area (Å²) in [6.45, 7) is 0. The molecule has 48 valence electrons. The van der Waals surface area contributed by atoms with Gasteiger partial charge in [-0.2, -0.15) is 0 Å². The normalized spacial score (nSPS) is 16.7. The van der Waals surface area contributed by atoms with Gasteiger partial charge in [0.1, 0.15) is 0 Å². The van der Waals surface area contributed by atoms with Gasteiger partial charge in [0, 0.05) is 0 Å². The molecule has 0 radical (unpaired) electrons. The summed E-state index contributed by atoms with van der Waals surface area (Å²) in [6.07, 6.45) is -3.91. The molecule has 1 N–H and O–H groups in total. The van der Waals surface area contributed by atoms with Crippen molar-refractivity contribution in [2.24, 2.45) is 0 Å². The van der Waals surface area contributed by atoms with E-state index >= 15 is 0 Å². The third kappa shape index (κ3) is 0.600. The minimum absolute atomic E-state index is 0.0278. The van der Waals surface area contributed by atoms with Crippen LogP contribution in [-0.4, -0.2) is 28.3 Å². The molecule has 1 saturated heterocycles. The van der Waals surface area contributed by atoms with E-state index in [4.69, 9.17) is 5.11 Å². The van der Waals surface area contributed by atoms with Crippen molar-refractivity contribution in [1.82, 2.24) is 4.90 Å². The molecule has 0 aromatic rings. The lowest BCUT2D eigenvalue weighted by atomic mass is 10.7. The van der Waals surface area contributed by atoms with E-state index < -0.39 is 18.3 Å². The van der Waals surface area contributed by atoms with Crippen LogP contribution >= 0.6 is 0 Å². The maximum absolute atomic E-state index is 9.98. The van der Waals surface area contributed by atoms with Crippen LogP contribution in [-0.2, 0) is 4.74 Å². The largest absolute Gasteiger partial charge is 0.464 e. The predicted molar refractivity (Wildman–Crippen MR) is 21.7 cm³/mol. The molecule has 1 fully saturated rings. The molecule has 0 unspecified atom stereocenters. The molecule has 0 aliphatic carbocycles. The zero-order chi connectivity index (χ0) is 7.02. The summed E-state index contributed by atoms with van der Waals surface area (Å²) >= 11 is 0. The van der Waals surface area contributed by atoms with Crippen LogP contribution in [0.2, 0.25) is 0 Å². The number of ether oxygens (including phenoxy) is 1. The Kier molecular flexibility index (Phi) is 0.888. The number of imide groups is 3. The lowest BCUT2D eigenvalue weighted by Crippen LogP contribution is -2.52. The number of amides is 3. The van der Waals surface area contributed by atoms with Crippen molar-refractivity contribution in [2.75, 3.05) is 0 Å². The van der Waals surface area contributed by atoms with Gasteiger partial charge in [0.2, 0.25) is 0 Å². The molecule has 9 heavy (non-hydrogen) atoms. The monoisotopic (exact) mass is 131 g/mol. The molecule has 0 saturated carbocycles. The minimum atomic E-state index is -1.61. The van der Waals surface area contributed by atoms with E-state index in [0.717, 1.165) is 0 Å². The molecule has 6 heteroatoms. The van der Waals surface area contributed by atoms with Gasteiger partial charge in [-0.15, -0.1) is 4.90 Å². The summed E-state index contributed by atoms with van der Waals surface area (Å²) in [5, 5.41) is 7.98. The standard InChI is InChI=1S/C3HNO5/c5-1(6)4-2(7)9-3(4)8/h(H,5,6). The van der Waals surface area contributed by atoms with Gasteiger partial charge >= 0.3 is 18.3 Å². The van der Waals surface area contributed by atoms with Crippen LogP contribution in [0.25, 0.3) is 0 Å². The number of cyclic esters (lactones) is 2. The molecule has 1 aliphatic rings. The van der Waals surface area contributed by atoms with Crippen LogP contribution in [0.15, 0.2) is 0 Å². The minimum Gasteiger partial charge on any atom is -0.464 e. The average Bonchev–Trinajstić information content (AvgIpc) is 1.62. The van der Waals surface area contributed by atoms with Crippen molar-refractivity contribution >= 4 is 18.3 Å². The Hall–Kier alpha value is -1.59. The number of carbonyl (C=O) groups excluding carboxylic acids is 2. The number of hydrogen-bond acceptors (Lipinski definition) is 4. The second-order valence-electron chi connectivity index (χ2n) is 1.25. The van der Waals surface area contributed by atoms with Crippen molar-refractivity contribution in [3.63, 3.8) is 0 Å². The third-order valence-corrected chi connectivity index (χ3v) is 0.731. The van der Waals surface area contributed by atoms with Gasteiger partial charge in [0.15, 0.2) is 0 Å². The zero-order valence-corrected chi connectivity index (χ0v) is 4.03. The highest BCUT2D eigenvalue weighted by Crippen LogP contribution is 2.09. The molecule has 1 aliphatic heterocycles. The van der Waals surface area contributed by atoms with Crippen molar-refractivity contribution in [1.29, 1.82) is 0 Å². The molecule has 6 nitrogen and oxygen atoms in total. The fourth-order valence-electron chi connectivity index (χ4n) is 0.358. The fourth-order valence-corrected chi connectivity index (χ4v) is 0.358. The Morgan fingerprint density at radius 2 is 1.89 bits per heavy atom. The Labute approximate surface area is 48.6 Å². The summed E-state index contributed by atoms with van der Waals surface area (Å²) in [5.74, 6) is 0. The molecule has 1 rings (SSSR count). The topological polar surface area (TPSA) is 83.9 Å². The zero-order valence-electron chi connectivity index (χ0n) is 4.03. The number of nitrogens with zero attached hydrogens (tertiary/aromatic N) is 1. The molecule has 0 atom stereocenters. The van der Waals surface area contributed by atoms with E-state index in [1.807, 2.05) is 0 Å². The molecule has 0 aromatic heterocycles. The first-order valence-electron chi connectivity index (χ1n) is 1.92. The molecular weight excluding hydrogens is 130 g/mol. The van der Waals surface area contributed by atoms with Crippen LogP contribution in [0, 0.1) is 0 Å². The SMILES string of the molecule is O=C(O)N1C(=O)OC1=O. The summed E-state index contributed by atoms with van der Waals surface area (Å²) in [4.78, 5) is 29.7. The molecule has 0 aromatic carbocycles. The first-order valence-corrected chi connectivity index (χ1v) is 1.92. The molecule has 1 heterocycles. The van der Waals surface area contributed by atoms with E-state index in [1.165, 1.54) is 0 Å². The van der Waals surface area contributed by atoms with Crippen LogP contribution in [0.3, 0.4) is 0 Å². The Morgan fingerprint density at radius 3 is 2.00 bits per heavy atom. The van der Waals surface area contributed by atoms with Gasteiger partial charge in [0.25, 0.3) is 0 Å². The number of hydrogen-bond donors (Lipinski definition) is 1. The predicted octanol–water partition coefficient (Wildman–Crippen LogP) is 0.237. The smallest absolute Gasteiger partial charge is 0.438 e. The first-order chi connectivity index (χ1) is 4.13. The average molecular weight is 131 g/mol. The third-order valence-electron chi connectivity index (χ3n) is 0.731. The fraction of sp³-hybridized carbons (Fsp3) is 0. The molecule has 3 amide bonds. The first kappa shape index (κ1) is 5.54. The van der Waals surface area contributed by atoms with E-state index in [-0.39, 0.29) is 4.90 Å². The summed E-state index contributed by atoms with van der Waals surface area (Å²) in [7, 11) is 0. The van der Waals surface area contributed by atoms with E-state index in [9.17, 15) is 14.4 Å². The van der Waals surface area contributed by atoms with Gasteiger partial charge in [-0.25, -0.2) is 14.4 Å². The lowest BCUT2D eigenvalue weighted by Gasteiger charge is -2.20. The second kappa shape index (κ2) is 1.44. The van der Waals surface area contributed by atoms with Gasteiger partial charge in [-0.05, 0) is 0 Å². The van der Waals surface area contributed by atoms with Crippen LogP contribution in [0.5, 0.6) is 0 Å². The van der Waals surface area contributed by atoms with E-state index in [2.05, 4.69) is 4.74 Å². The summed E-state index contributed by atoms with van der Waals surface area (Å²) in [5.41, 5.74) is 0. The van der Waals surface area contributed by atoms with Gasteiger partial charge in [0.05, 0.1) is 0 Å². The number of carbonyl (C=O) groups is 3. The van der Waals surface area contributed by atoms with Crippen molar-refractivity contribution in [2.45, 2.75) is 0 Å². The Balaban J connectivity index is 2.70. The van der Waals surface area contributed by atoms with E-state index in [1.54, 1.807) is 0 Å². The highest BCUT2D eigenvalue weighted by atomic mass is 16.7. The molecule has 0 bridgehead atoms. The van der Waals surface area contributed by atoms with Gasteiger partial charge in [-0.1, -0.05) is 0 Å². The summed E-state index contributed by atoms with van der Waals surface area (Å²) in [6, 6.07) is 0. The van der Waals surface area contributed by atoms with Gasteiger partial charge in [-0.3, -0.25) is 0 Å². The highest BCUT2D eigenvalue weighted by Gasteiger charge is 2.43. The maximum atomic E-state index is 9.98. The van der Waals surface area contributed by atoms with Crippen molar-refractivity contribution in [3.8, 4) is 0 Å². The number of rotatable bonds is 0. The maximum Gasteiger partial charge on any atom is 0.438 e. The number of carboxylic acid groups (broad SMARTS) is 1. The van der Waals surface area contributed by atoms with Crippen LogP contribution < -0.4 is 0 Å². The van der Waals surface area contributed by atoms with Crippen LogP contribution in [0.4, 0.5) is 14.4 Å². The lowest BCUT2D eigenvalue weighted by molar-refractivity contribution is 0.0578. The summed E-state index contributed by atoms with van der Waals surface area (Å²) < 4.78 is 3.68. The Morgan fingerprint density at radius 1 is 1.44 bits per heavy atom.